The molecule has 1 atom stereocenters. The average Bonchev–Trinajstić information content (AvgIpc) is 2.75. The molecule has 2 amide bonds. The Hall–Kier alpha value is -2.58. The van der Waals surface area contributed by atoms with Gasteiger partial charge in [-0.15, -0.1) is 0 Å². The summed E-state index contributed by atoms with van der Waals surface area (Å²) in [7, 11) is -3.54. The molecule has 0 spiro atoms. The van der Waals surface area contributed by atoms with E-state index in [0.29, 0.717) is 23.6 Å². The molecule has 1 N–H and O–H groups in total. The zero-order valence-corrected chi connectivity index (χ0v) is 23.6. The van der Waals surface area contributed by atoms with Crippen LogP contribution in [0.1, 0.15) is 56.7 Å². The predicted molar refractivity (Wildman–Crippen MR) is 147 cm³/mol. The summed E-state index contributed by atoms with van der Waals surface area (Å²) in [6.07, 6.45) is 2.00. The van der Waals surface area contributed by atoms with Gasteiger partial charge in [0, 0.05) is 30.6 Å². The molecule has 0 aromatic heterocycles. The molecule has 0 saturated carbocycles. The van der Waals surface area contributed by atoms with Gasteiger partial charge in [0.25, 0.3) is 0 Å². The van der Waals surface area contributed by atoms with Crippen molar-refractivity contribution in [2.75, 3.05) is 17.1 Å². The van der Waals surface area contributed by atoms with Gasteiger partial charge < -0.3 is 10.2 Å². The highest BCUT2D eigenvalue weighted by Gasteiger charge is 2.29. The second kappa shape index (κ2) is 13.1. The summed E-state index contributed by atoms with van der Waals surface area (Å²) in [4.78, 5) is 28.0. The molecule has 2 aromatic carbocycles. The van der Waals surface area contributed by atoms with Gasteiger partial charge in [-0.2, -0.15) is 0 Å². The van der Waals surface area contributed by atoms with Crippen molar-refractivity contribution in [2.24, 2.45) is 0 Å². The van der Waals surface area contributed by atoms with Gasteiger partial charge in [-0.3, -0.25) is 13.9 Å². The number of rotatable bonds is 12. The van der Waals surface area contributed by atoms with Gasteiger partial charge in [-0.25, -0.2) is 8.42 Å². The Morgan fingerprint density at radius 3 is 2.19 bits per heavy atom. The van der Waals surface area contributed by atoms with Gasteiger partial charge in [-0.05, 0) is 75.4 Å². The minimum atomic E-state index is -3.54. The largest absolute Gasteiger partial charge is 0.352 e. The second-order valence-corrected chi connectivity index (χ2v) is 11.8. The lowest BCUT2D eigenvalue weighted by Gasteiger charge is -2.32. The van der Waals surface area contributed by atoms with Crippen LogP contribution in [0.2, 0.25) is 5.02 Å². The molecule has 7 nitrogen and oxygen atoms in total. The summed E-state index contributed by atoms with van der Waals surface area (Å²) in [6.45, 7) is 9.79. The van der Waals surface area contributed by atoms with E-state index in [-0.39, 0.29) is 37.4 Å². The van der Waals surface area contributed by atoms with E-state index in [1.165, 1.54) is 10.6 Å². The Morgan fingerprint density at radius 2 is 1.67 bits per heavy atom. The van der Waals surface area contributed by atoms with Crippen LogP contribution >= 0.6 is 11.6 Å². The Bertz CT molecular complexity index is 1150. The molecular weight excluding hydrogens is 498 g/mol. The molecule has 0 fully saturated rings. The van der Waals surface area contributed by atoms with Crippen molar-refractivity contribution in [1.82, 2.24) is 10.2 Å². The van der Waals surface area contributed by atoms with E-state index < -0.39 is 16.1 Å². The van der Waals surface area contributed by atoms with E-state index in [0.717, 1.165) is 16.7 Å². The molecule has 0 unspecified atom stereocenters. The van der Waals surface area contributed by atoms with Crippen LogP contribution in [0.5, 0.6) is 0 Å². The number of carbonyl (C=O) groups excluding carboxylic acids is 2. The van der Waals surface area contributed by atoms with E-state index in [2.05, 4.69) is 5.32 Å². The number of hydrogen-bond donors (Lipinski definition) is 1. The summed E-state index contributed by atoms with van der Waals surface area (Å²) >= 11 is 6.36. The molecule has 36 heavy (non-hydrogen) atoms. The molecule has 0 aliphatic carbocycles. The molecule has 198 valence electrons. The van der Waals surface area contributed by atoms with Crippen molar-refractivity contribution in [3.63, 3.8) is 0 Å². The minimum absolute atomic E-state index is 0.0649. The Morgan fingerprint density at radius 1 is 1.06 bits per heavy atom. The van der Waals surface area contributed by atoms with E-state index in [1.54, 1.807) is 11.0 Å². The third-order valence-corrected chi connectivity index (χ3v) is 7.32. The maximum absolute atomic E-state index is 13.5. The molecule has 2 aromatic rings. The topological polar surface area (TPSA) is 86.8 Å². The number of nitrogens with zero attached hydrogens (tertiary/aromatic N) is 2. The van der Waals surface area contributed by atoms with E-state index in [4.69, 9.17) is 11.6 Å². The Labute approximate surface area is 220 Å². The monoisotopic (exact) mass is 535 g/mol. The predicted octanol–water partition coefficient (Wildman–Crippen LogP) is 4.84. The standard InChI is InChI=1S/C27H38ClN3O4S/c1-7-25(27(33)29-19(2)3)30(18-22-11-8-9-12-24(22)28)26(32)13-10-14-31(36(6,34)35)23-16-20(4)15-21(5)17-23/h8-9,11-12,15-17,19,25H,7,10,13-14,18H2,1-6H3,(H,29,33)/t25-/m1/s1. The van der Waals surface area contributed by atoms with Crippen LogP contribution in [0.25, 0.3) is 0 Å². The lowest BCUT2D eigenvalue weighted by molar-refractivity contribution is -0.141. The van der Waals surface area contributed by atoms with Crippen molar-refractivity contribution in [1.29, 1.82) is 0 Å². The van der Waals surface area contributed by atoms with Gasteiger partial charge in [0.2, 0.25) is 21.8 Å². The fraction of sp³-hybridized carbons (Fsp3) is 0.481. The normalized spacial score (nSPS) is 12.3. The number of amides is 2. The number of benzene rings is 2. The van der Waals surface area contributed by atoms with Crippen LogP contribution in [0, 0.1) is 13.8 Å². The summed E-state index contributed by atoms with van der Waals surface area (Å²) in [5, 5.41) is 3.42. The minimum Gasteiger partial charge on any atom is -0.352 e. The van der Waals surface area contributed by atoms with E-state index >= 15 is 0 Å². The summed E-state index contributed by atoms with van der Waals surface area (Å²) in [5.74, 6) is -0.449. The lowest BCUT2D eigenvalue weighted by Crippen LogP contribution is -2.50. The van der Waals surface area contributed by atoms with Gasteiger partial charge in [0.05, 0.1) is 11.9 Å². The summed E-state index contributed by atoms with van der Waals surface area (Å²) < 4.78 is 26.4. The van der Waals surface area contributed by atoms with Crippen LogP contribution in [-0.4, -0.2) is 50.0 Å². The van der Waals surface area contributed by atoms with Crippen LogP contribution in [0.4, 0.5) is 5.69 Å². The first-order valence-corrected chi connectivity index (χ1v) is 14.4. The van der Waals surface area contributed by atoms with Crippen LogP contribution in [0.15, 0.2) is 42.5 Å². The van der Waals surface area contributed by atoms with E-state index in [9.17, 15) is 18.0 Å². The zero-order valence-electron chi connectivity index (χ0n) is 22.0. The average molecular weight is 536 g/mol. The van der Waals surface area contributed by atoms with Gasteiger partial charge >= 0.3 is 0 Å². The van der Waals surface area contributed by atoms with Gasteiger partial charge in [0.15, 0.2) is 0 Å². The van der Waals surface area contributed by atoms with Crippen molar-refractivity contribution in [2.45, 2.75) is 72.5 Å². The highest BCUT2D eigenvalue weighted by Crippen LogP contribution is 2.23. The van der Waals surface area contributed by atoms with Crippen molar-refractivity contribution >= 4 is 39.1 Å². The van der Waals surface area contributed by atoms with Crippen molar-refractivity contribution in [3.05, 3.63) is 64.2 Å². The van der Waals surface area contributed by atoms with Gasteiger partial charge in [-0.1, -0.05) is 42.8 Å². The zero-order chi connectivity index (χ0) is 27.0. The summed E-state index contributed by atoms with van der Waals surface area (Å²) in [5.41, 5.74) is 3.25. The first-order chi connectivity index (χ1) is 16.8. The third kappa shape index (κ3) is 8.52. The fourth-order valence-corrected chi connectivity index (χ4v) is 5.35. The molecule has 0 radical (unpaired) electrons. The molecule has 9 heteroatoms. The number of nitrogens with one attached hydrogen (secondary N) is 1. The first-order valence-electron chi connectivity index (χ1n) is 12.2. The number of aryl methyl sites for hydroxylation is 2. The molecule has 2 rings (SSSR count). The van der Waals surface area contributed by atoms with Crippen molar-refractivity contribution in [3.8, 4) is 0 Å². The van der Waals surface area contributed by atoms with Gasteiger partial charge in [0.1, 0.15) is 6.04 Å². The third-order valence-electron chi connectivity index (χ3n) is 5.76. The highest BCUT2D eigenvalue weighted by molar-refractivity contribution is 7.92. The molecule has 0 bridgehead atoms. The molecule has 0 aliphatic heterocycles. The number of carbonyl (C=O) groups is 2. The van der Waals surface area contributed by atoms with E-state index in [1.807, 2.05) is 71.0 Å². The quantitative estimate of drug-likeness (QED) is 0.421. The Kier molecular flexibility index (Phi) is 10.8. The maximum atomic E-state index is 13.5. The molecule has 0 saturated heterocycles. The van der Waals surface area contributed by atoms with Crippen LogP contribution in [-0.2, 0) is 26.2 Å². The number of hydrogen-bond acceptors (Lipinski definition) is 4. The van der Waals surface area contributed by atoms with Crippen LogP contribution in [0.3, 0.4) is 0 Å². The Balaban J connectivity index is 2.25. The number of sulfonamides is 1. The molecule has 0 heterocycles. The van der Waals surface area contributed by atoms with Crippen molar-refractivity contribution < 1.29 is 18.0 Å². The molecule has 0 aliphatic rings. The SMILES string of the molecule is CC[C@H](C(=O)NC(C)C)N(Cc1ccccc1Cl)C(=O)CCCN(c1cc(C)cc(C)c1)S(C)(=O)=O. The smallest absolute Gasteiger partial charge is 0.243 e. The first kappa shape index (κ1) is 29.6. The number of halogens is 1. The summed E-state index contributed by atoms with van der Waals surface area (Å²) in [6, 6.07) is 12.1. The van der Waals surface area contributed by atoms with Crippen LogP contribution < -0.4 is 9.62 Å². The fourth-order valence-electron chi connectivity index (χ4n) is 4.21. The maximum Gasteiger partial charge on any atom is 0.243 e. The number of anilines is 1. The second-order valence-electron chi connectivity index (χ2n) is 9.48. The highest BCUT2D eigenvalue weighted by atomic mass is 35.5. The molecular formula is C27H38ClN3O4S. The lowest BCUT2D eigenvalue weighted by atomic mass is 10.1.